The largest absolute Gasteiger partial charge is 0.334 e. The van der Waals surface area contributed by atoms with E-state index >= 15 is 0 Å². The molecule has 112 valence electrons. The molecule has 1 aliphatic heterocycles. The summed E-state index contributed by atoms with van der Waals surface area (Å²) in [5.74, 6) is 0.685. The summed E-state index contributed by atoms with van der Waals surface area (Å²) < 4.78 is 28.4. The zero-order chi connectivity index (χ0) is 14.8. The monoisotopic (exact) mass is 299 g/mol. The molecule has 1 aromatic rings. The Hall–Kier alpha value is -1.21. The molecule has 0 saturated carbocycles. The number of piperidine rings is 1. The van der Waals surface area contributed by atoms with Crippen molar-refractivity contribution in [3.05, 3.63) is 12.0 Å². The number of hydrogen-bond donors (Lipinski definition) is 0. The number of aromatic nitrogens is 2. The van der Waals surface area contributed by atoms with E-state index in [1.165, 1.54) is 4.31 Å². The van der Waals surface area contributed by atoms with Gasteiger partial charge in [0.2, 0.25) is 0 Å². The van der Waals surface area contributed by atoms with Crippen LogP contribution in [0.15, 0.2) is 11.2 Å². The van der Waals surface area contributed by atoms with Gasteiger partial charge < -0.3 is 9.36 Å². The highest BCUT2D eigenvalue weighted by atomic mass is 32.2. The maximum Gasteiger partial charge on any atom is 0.262 e. The molecule has 1 aromatic heterocycles. The third kappa shape index (κ3) is 2.78. The lowest BCUT2D eigenvalue weighted by atomic mass is 10.1. The first-order chi connectivity index (χ1) is 9.50. The fourth-order valence-corrected chi connectivity index (χ4v) is 4.19. The molecule has 6 nitrogen and oxygen atoms in total. The van der Waals surface area contributed by atoms with Gasteiger partial charge in [-0.15, -0.1) is 0 Å². The molecular weight excluding hydrogens is 278 g/mol. The topological polar surface area (TPSA) is 72.3 Å². The van der Waals surface area contributed by atoms with E-state index in [1.807, 2.05) is 11.5 Å². The van der Waals surface area contributed by atoms with Gasteiger partial charge in [-0.2, -0.15) is 4.31 Å². The Labute approximate surface area is 119 Å². The molecule has 0 radical (unpaired) electrons. The number of aldehydes is 1. The summed E-state index contributed by atoms with van der Waals surface area (Å²) in [5, 5.41) is 0.0530. The van der Waals surface area contributed by atoms with Gasteiger partial charge in [-0.1, -0.05) is 13.3 Å². The van der Waals surface area contributed by atoms with E-state index in [4.69, 9.17) is 0 Å². The number of carbonyl (C=O) groups excluding carboxylic acids is 1. The van der Waals surface area contributed by atoms with Crippen LogP contribution < -0.4 is 0 Å². The molecule has 0 N–H and O–H groups in total. The predicted molar refractivity (Wildman–Crippen MR) is 74.8 cm³/mol. The molecule has 1 unspecified atom stereocenters. The Morgan fingerprint density at radius 2 is 2.20 bits per heavy atom. The molecule has 0 bridgehead atoms. The first-order valence-corrected chi connectivity index (χ1v) is 8.45. The Morgan fingerprint density at radius 1 is 1.45 bits per heavy atom. The van der Waals surface area contributed by atoms with Crippen LogP contribution in [0.3, 0.4) is 0 Å². The molecule has 1 aliphatic rings. The minimum Gasteiger partial charge on any atom is -0.334 e. The van der Waals surface area contributed by atoms with Gasteiger partial charge in [0.15, 0.2) is 5.03 Å². The number of sulfonamides is 1. The number of rotatable bonds is 5. The van der Waals surface area contributed by atoms with E-state index in [0.717, 1.165) is 32.1 Å². The highest BCUT2D eigenvalue weighted by Gasteiger charge is 2.35. The average Bonchev–Trinajstić information content (AvgIpc) is 2.81. The van der Waals surface area contributed by atoms with Crippen molar-refractivity contribution in [3.63, 3.8) is 0 Å². The van der Waals surface area contributed by atoms with E-state index in [2.05, 4.69) is 4.98 Å². The second-order valence-electron chi connectivity index (χ2n) is 5.13. The van der Waals surface area contributed by atoms with Crippen molar-refractivity contribution in [3.8, 4) is 0 Å². The zero-order valence-corrected chi connectivity index (χ0v) is 12.8. The van der Waals surface area contributed by atoms with Gasteiger partial charge in [-0.05, 0) is 26.2 Å². The van der Waals surface area contributed by atoms with Gasteiger partial charge >= 0.3 is 0 Å². The highest BCUT2D eigenvalue weighted by molar-refractivity contribution is 7.89. The molecule has 7 heteroatoms. The van der Waals surface area contributed by atoms with Gasteiger partial charge in [0.25, 0.3) is 10.0 Å². The average molecular weight is 299 g/mol. The van der Waals surface area contributed by atoms with Crippen molar-refractivity contribution < 1.29 is 13.2 Å². The lowest BCUT2D eigenvalue weighted by Crippen LogP contribution is -2.44. The van der Waals surface area contributed by atoms with E-state index in [1.54, 1.807) is 13.1 Å². The standard InChI is InChI=1S/C13H21N3O3S/c1-3-7-15-9-13(14-11(15)2)20(18,19)16-8-5-4-6-12(16)10-17/h9-10,12H,3-8H2,1-2H3. The summed E-state index contributed by atoms with van der Waals surface area (Å²) >= 11 is 0. The van der Waals surface area contributed by atoms with Gasteiger partial charge in [-0.25, -0.2) is 13.4 Å². The molecule has 0 aromatic carbocycles. The van der Waals surface area contributed by atoms with Crippen molar-refractivity contribution in [2.75, 3.05) is 6.54 Å². The minimum absolute atomic E-state index is 0.0530. The Morgan fingerprint density at radius 3 is 2.85 bits per heavy atom. The number of imidazole rings is 1. The van der Waals surface area contributed by atoms with Gasteiger partial charge in [0.05, 0.1) is 6.04 Å². The Bertz CT molecular complexity index is 580. The second kappa shape index (κ2) is 6.05. The molecule has 0 amide bonds. The fourth-order valence-electron chi connectivity index (χ4n) is 2.56. The minimum atomic E-state index is -3.67. The summed E-state index contributed by atoms with van der Waals surface area (Å²) in [5.41, 5.74) is 0. The molecular formula is C13H21N3O3S. The summed E-state index contributed by atoms with van der Waals surface area (Å²) in [4.78, 5) is 15.3. The second-order valence-corrected chi connectivity index (χ2v) is 6.97. The van der Waals surface area contributed by atoms with E-state index in [0.29, 0.717) is 18.8 Å². The van der Waals surface area contributed by atoms with Gasteiger partial charge in [-0.3, -0.25) is 0 Å². The summed E-state index contributed by atoms with van der Waals surface area (Å²) in [6.07, 6.45) is 5.49. The van der Waals surface area contributed by atoms with E-state index in [-0.39, 0.29) is 5.03 Å². The lowest BCUT2D eigenvalue weighted by Gasteiger charge is -2.30. The normalized spacial score (nSPS) is 21.0. The molecule has 1 atom stereocenters. The van der Waals surface area contributed by atoms with Crippen molar-refractivity contribution in [2.45, 2.75) is 57.1 Å². The van der Waals surface area contributed by atoms with Crippen molar-refractivity contribution in [1.29, 1.82) is 0 Å². The van der Waals surface area contributed by atoms with E-state index < -0.39 is 16.1 Å². The molecule has 0 spiro atoms. The number of aryl methyl sites for hydroxylation is 2. The molecule has 1 saturated heterocycles. The Balaban J connectivity index is 2.33. The lowest BCUT2D eigenvalue weighted by molar-refractivity contribution is -0.111. The van der Waals surface area contributed by atoms with Crippen LogP contribution in [-0.2, 0) is 21.4 Å². The first kappa shape index (κ1) is 15.2. The van der Waals surface area contributed by atoms with Crippen LogP contribution in [0.2, 0.25) is 0 Å². The van der Waals surface area contributed by atoms with Crippen molar-refractivity contribution in [2.24, 2.45) is 0 Å². The van der Waals surface area contributed by atoms with Crippen LogP contribution in [0, 0.1) is 6.92 Å². The smallest absolute Gasteiger partial charge is 0.262 e. The summed E-state index contributed by atoms with van der Waals surface area (Å²) in [6.45, 7) is 4.96. The van der Waals surface area contributed by atoms with Crippen LogP contribution in [0.25, 0.3) is 0 Å². The SMILES string of the molecule is CCCn1cc(S(=O)(=O)N2CCCCC2C=O)nc1C. The zero-order valence-electron chi connectivity index (χ0n) is 11.9. The molecule has 2 rings (SSSR count). The van der Waals surface area contributed by atoms with Crippen LogP contribution in [-0.4, -0.2) is 41.1 Å². The van der Waals surface area contributed by atoms with Crippen molar-refractivity contribution in [1.82, 2.24) is 13.9 Å². The molecule has 0 aliphatic carbocycles. The third-order valence-corrected chi connectivity index (χ3v) is 5.44. The predicted octanol–water partition coefficient (Wildman–Crippen LogP) is 1.34. The maximum atomic E-state index is 12.6. The maximum absolute atomic E-state index is 12.6. The number of nitrogens with zero attached hydrogens (tertiary/aromatic N) is 3. The molecule has 1 fully saturated rings. The van der Waals surface area contributed by atoms with Crippen LogP contribution in [0.1, 0.15) is 38.4 Å². The number of carbonyl (C=O) groups is 1. The molecule has 2 heterocycles. The van der Waals surface area contributed by atoms with Crippen LogP contribution >= 0.6 is 0 Å². The first-order valence-electron chi connectivity index (χ1n) is 7.01. The van der Waals surface area contributed by atoms with Crippen LogP contribution in [0.4, 0.5) is 0 Å². The summed E-state index contributed by atoms with van der Waals surface area (Å²) in [6, 6.07) is -0.551. The van der Waals surface area contributed by atoms with Crippen molar-refractivity contribution >= 4 is 16.3 Å². The quantitative estimate of drug-likeness (QED) is 0.769. The number of hydrogen-bond acceptors (Lipinski definition) is 4. The highest BCUT2D eigenvalue weighted by Crippen LogP contribution is 2.24. The fraction of sp³-hybridized carbons (Fsp3) is 0.692. The van der Waals surface area contributed by atoms with Gasteiger partial charge in [0.1, 0.15) is 12.1 Å². The van der Waals surface area contributed by atoms with Gasteiger partial charge in [0, 0.05) is 19.3 Å². The molecule has 20 heavy (non-hydrogen) atoms. The third-order valence-electron chi connectivity index (χ3n) is 3.65. The van der Waals surface area contributed by atoms with Crippen LogP contribution in [0.5, 0.6) is 0 Å². The summed E-state index contributed by atoms with van der Waals surface area (Å²) in [7, 11) is -3.67. The van der Waals surface area contributed by atoms with E-state index in [9.17, 15) is 13.2 Å². The Kier molecular flexibility index (Phi) is 4.59.